The van der Waals surface area contributed by atoms with Crippen LogP contribution in [0.1, 0.15) is 19.3 Å². The van der Waals surface area contributed by atoms with E-state index >= 15 is 0 Å². The highest BCUT2D eigenvalue weighted by Gasteiger charge is 2.26. The number of hydrogen-bond acceptors (Lipinski definition) is 4. The van der Waals surface area contributed by atoms with Crippen LogP contribution in [0, 0.1) is 5.92 Å². The van der Waals surface area contributed by atoms with Crippen molar-refractivity contribution >= 4 is 23.6 Å². The lowest BCUT2D eigenvalue weighted by atomic mass is 9.97. The number of nitrogens with zero attached hydrogens (tertiary/aromatic N) is 1. The molecule has 5 nitrogen and oxygen atoms in total. The SMILES string of the molecule is COc1ccc(SCCC(=O)N2CCC(C(=O)O)CC2)cc1. The summed E-state index contributed by atoms with van der Waals surface area (Å²) in [5, 5.41) is 8.95. The van der Waals surface area contributed by atoms with Gasteiger partial charge in [0.05, 0.1) is 13.0 Å². The van der Waals surface area contributed by atoms with Gasteiger partial charge in [-0.2, -0.15) is 0 Å². The summed E-state index contributed by atoms with van der Waals surface area (Å²) in [5.41, 5.74) is 0. The molecule has 1 aromatic rings. The van der Waals surface area contributed by atoms with Crippen molar-refractivity contribution in [3.63, 3.8) is 0 Å². The molecule has 1 heterocycles. The van der Waals surface area contributed by atoms with E-state index in [1.165, 1.54) is 0 Å². The number of carbonyl (C=O) groups is 2. The van der Waals surface area contributed by atoms with Gasteiger partial charge in [-0.25, -0.2) is 0 Å². The van der Waals surface area contributed by atoms with Gasteiger partial charge in [-0.05, 0) is 37.1 Å². The van der Waals surface area contributed by atoms with Crippen molar-refractivity contribution in [3.05, 3.63) is 24.3 Å². The predicted molar refractivity (Wildman–Crippen MR) is 85.3 cm³/mol. The number of rotatable bonds is 6. The molecule has 0 unspecified atom stereocenters. The van der Waals surface area contributed by atoms with Crippen LogP contribution in [-0.2, 0) is 9.59 Å². The zero-order valence-electron chi connectivity index (χ0n) is 12.7. The molecule has 1 amide bonds. The Morgan fingerprint density at radius 2 is 1.91 bits per heavy atom. The van der Waals surface area contributed by atoms with Crippen LogP contribution in [0.5, 0.6) is 5.75 Å². The van der Waals surface area contributed by atoms with Crippen molar-refractivity contribution in [2.45, 2.75) is 24.2 Å². The molecule has 22 heavy (non-hydrogen) atoms. The molecular weight excluding hydrogens is 302 g/mol. The normalized spacial score (nSPS) is 15.6. The largest absolute Gasteiger partial charge is 0.497 e. The third-order valence-electron chi connectivity index (χ3n) is 3.84. The number of piperidine rings is 1. The van der Waals surface area contributed by atoms with Crippen molar-refractivity contribution in [2.24, 2.45) is 5.92 Å². The quantitative estimate of drug-likeness (QED) is 0.815. The molecule has 1 N–H and O–H groups in total. The number of aliphatic carboxylic acids is 1. The van der Waals surface area contributed by atoms with Crippen LogP contribution in [-0.4, -0.2) is 47.8 Å². The molecule has 2 rings (SSSR count). The third-order valence-corrected chi connectivity index (χ3v) is 4.85. The summed E-state index contributed by atoms with van der Waals surface area (Å²) in [6.45, 7) is 1.12. The maximum absolute atomic E-state index is 12.1. The smallest absolute Gasteiger partial charge is 0.306 e. The lowest BCUT2D eigenvalue weighted by molar-refractivity contribution is -0.145. The van der Waals surface area contributed by atoms with Crippen LogP contribution < -0.4 is 4.74 Å². The molecule has 0 saturated carbocycles. The number of carboxylic acids is 1. The number of carboxylic acid groups (broad SMARTS) is 1. The van der Waals surface area contributed by atoms with E-state index < -0.39 is 5.97 Å². The molecule has 0 atom stereocenters. The number of ether oxygens (including phenoxy) is 1. The van der Waals surface area contributed by atoms with Crippen LogP contribution in [0.3, 0.4) is 0 Å². The monoisotopic (exact) mass is 323 g/mol. The fourth-order valence-electron chi connectivity index (χ4n) is 2.46. The molecule has 1 saturated heterocycles. The second-order valence-electron chi connectivity index (χ2n) is 5.27. The van der Waals surface area contributed by atoms with Crippen molar-refractivity contribution in [1.82, 2.24) is 4.90 Å². The molecule has 0 radical (unpaired) electrons. The van der Waals surface area contributed by atoms with Gasteiger partial charge in [0.2, 0.25) is 5.91 Å². The van der Waals surface area contributed by atoms with E-state index in [4.69, 9.17) is 9.84 Å². The van der Waals surface area contributed by atoms with E-state index in [9.17, 15) is 9.59 Å². The summed E-state index contributed by atoms with van der Waals surface area (Å²) in [5.74, 6) is 0.621. The minimum absolute atomic E-state index is 0.116. The first-order chi connectivity index (χ1) is 10.6. The van der Waals surface area contributed by atoms with Gasteiger partial charge in [0.1, 0.15) is 5.75 Å². The molecule has 1 aliphatic rings. The Bertz CT molecular complexity index is 509. The van der Waals surface area contributed by atoms with Gasteiger partial charge < -0.3 is 14.7 Å². The number of likely N-dealkylation sites (tertiary alicyclic amines) is 1. The molecular formula is C16H21NO4S. The van der Waals surface area contributed by atoms with Crippen molar-refractivity contribution in [3.8, 4) is 5.75 Å². The summed E-state index contributed by atoms with van der Waals surface area (Å²) in [4.78, 5) is 25.9. The van der Waals surface area contributed by atoms with E-state index in [0.29, 0.717) is 32.4 Å². The maximum Gasteiger partial charge on any atom is 0.306 e. The number of carbonyl (C=O) groups excluding carboxylic acids is 1. The maximum atomic E-state index is 12.1. The van der Waals surface area contributed by atoms with E-state index in [2.05, 4.69) is 0 Å². The van der Waals surface area contributed by atoms with Crippen molar-refractivity contribution in [2.75, 3.05) is 26.0 Å². The molecule has 0 bridgehead atoms. The Morgan fingerprint density at radius 3 is 2.45 bits per heavy atom. The Balaban J connectivity index is 1.70. The van der Waals surface area contributed by atoms with E-state index in [0.717, 1.165) is 16.4 Å². The average molecular weight is 323 g/mol. The molecule has 0 spiro atoms. The summed E-state index contributed by atoms with van der Waals surface area (Å²) < 4.78 is 5.10. The molecule has 0 aliphatic carbocycles. The Kier molecular flexibility index (Phi) is 6.12. The minimum atomic E-state index is -0.748. The molecule has 1 fully saturated rings. The number of benzene rings is 1. The van der Waals surface area contributed by atoms with Gasteiger partial charge in [0.25, 0.3) is 0 Å². The first kappa shape index (κ1) is 16.7. The van der Waals surface area contributed by atoms with Crippen LogP contribution in [0.2, 0.25) is 0 Å². The first-order valence-corrected chi connectivity index (χ1v) is 8.36. The molecule has 6 heteroatoms. The van der Waals surface area contributed by atoms with Gasteiger partial charge in [0.15, 0.2) is 0 Å². The standard InChI is InChI=1S/C16H21NO4S/c1-21-13-2-4-14(5-3-13)22-11-8-15(18)17-9-6-12(7-10-17)16(19)20/h2-5,12H,6-11H2,1H3,(H,19,20). The van der Waals surface area contributed by atoms with Crippen LogP contribution in [0.25, 0.3) is 0 Å². The zero-order chi connectivity index (χ0) is 15.9. The summed E-state index contributed by atoms with van der Waals surface area (Å²) in [7, 11) is 1.63. The Hall–Kier alpha value is -1.69. The van der Waals surface area contributed by atoms with E-state index in [1.807, 2.05) is 24.3 Å². The molecule has 1 aliphatic heterocycles. The topological polar surface area (TPSA) is 66.8 Å². The van der Waals surface area contributed by atoms with E-state index in [-0.39, 0.29) is 11.8 Å². The highest BCUT2D eigenvalue weighted by Crippen LogP contribution is 2.23. The molecule has 0 aromatic heterocycles. The number of amides is 1. The van der Waals surface area contributed by atoms with Gasteiger partial charge in [-0.1, -0.05) is 0 Å². The second-order valence-corrected chi connectivity index (χ2v) is 6.44. The first-order valence-electron chi connectivity index (χ1n) is 7.37. The fourth-order valence-corrected chi connectivity index (χ4v) is 3.30. The van der Waals surface area contributed by atoms with Crippen LogP contribution in [0.15, 0.2) is 29.2 Å². The zero-order valence-corrected chi connectivity index (χ0v) is 13.5. The molecule has 120 valence electrons. The average Bonchev–Trinajstić information content (AvgIpc) is 2.55. The predicted octanol–water partition coefficient (Wildman–Crippen LogP) is 2.50. The highest BCUT2D eigenvalue weighted by atomic mass is 32.2. The summed E-state index contributed by atoms with van der Waals surface area (Å²) in [6, 6.07) is 7.76. The lowest BCUT2D eigenvalue weighted by Crippen LogP contribution is -2.40. The van der Waals surface area contributed by atoms with Gasteiger partial charge >= 0.3 is 5.97 Å². The van der Waals surface area contributed by atoms with Gasteiger partial charge in [-0.15, -0.1) is 11.8 Å². The van der Waals surface area contributed by atoms with Crippen molar-refractivity contribution < 1.29 is 19.4 Å². The van der Waals surface area contributed by atoms with Crippen LogP contribution in [0.4, 0.5) is 0 Å². The Morgan fingerprint density at radius 1 is 1.27 bits per heavy atom. The number of methoxy groups -OCH3 is 1. The van der Waals surface area contributed by atoms with Crippen molar-refractivity contribution in [1.29, 1.82) is 0 Å². The third kappa shape index (κ3) is 4.66. The summed E-state index contributed by atoms with van der Waals surface area (Å²) in [6.07, 6.45) is 1.60. The minimum Gasteiger partial charge on any atom is -0.497 e. The van der Waals surface area contributed by atoms with Gasteiger partial charge in [0, 0.05) is 30.2 Å². The molecule has 1 aromatic carbocycles. The second kappa shape index (κ2) is 8.08. The van der Waals surface area contributed by atoms with Gasteiger partial charge in [-0.3, -0.25) is 9.59 Å². The van der Waals surface area contributed by atoms with E-state index in [1.54, 1.807) is 23.8 Å². The van der Waals surface area contributed by atoms with Crippen LogP contribution >= 0.6 is 11.8 Å². The fraction of sp³-hybridized carbons (Fsp3) is 0.500. The highest BCUT2D eigenvalue weighted by molar-refractivity contribution is 7.99. The summed E-state index contributed by atoms with van der Waals surface area (Å²) >= 11 is 1.64. The lowest BCUT2D eigenvalue weighted by Gasteiger charge is -2.30. The Labute approximate surface area is 134 Å². The number of thioether (sulfide) groups is 1. The number of hydrogen-bond donors (Lipinski definition) is 1.